The van der Waals surface area contributed by atoms with Crippen LogP contribution in [0.4, 0.5) is 0 Å². The summed E-state index contributed by atoms with van der Waals surface area (Å²) in [6, 6.07) is 1.95. The van der Waals surface area contributed by atoms with Gasteiger partial charge in [-0.2, -0.15) is 0 Å². The Morgan fingerprint density at radius 1 is 1.50 bits per heavy atom. The molecule has 1 saturated carbocycles. The molecule has 1 heterocycles. The largest absolute Gasteiger partial charge is 0.353 e. The van der Waals surface area contributed by atoms with Crippen LogP contribution in [-0.2, 0) is 6.54 Å². The molecule has 16 heavy (non-hydrogen) atoms. The van der Waals surface area contributed by atoms with E-state index in [1.165, 1.54) is 0 Å². The summed E-state index contributed by atoms with van der Waals surface area (Å²) in [6.07, 6.45) is 7.32. The highest BCUT2D eigenvalue weighted by Crippen LogP contribution is 2.32. The maximum atomic E-state index is 11.8. The summed E-state index contributed by atoms with van der Waals surface area (Å²) in [5.74, 6) is 0.670. The van der Waals surface area contributed by atoms with E-state index in [0.717, 1.165) is 37.9 Å². The van der Waals surface area contributed by atoms with Crippen molar-refractivity contribution in [2.24, 2.45) is 5.92 Å². The van der Waals surface area contributed by atoms with Crippen molar-refractivity contribution >= 4 is 5.78 Å². The van der Waals surface area contributed by atoms with Crippen molar-refractivity contribution in [2.75, 3.05) is 20.6 Å². The van der Waals surface area contributed by atoms with Gasteiger partial charge in [0.05, 0.1) is 0 Å². The van der Waals surface area contributed by atoms with Gasteiger partial charge in [0.15, 0.2) is 5.78 Å². The maximum absolute atomic E-state index is 11.8. The molecule has 3 nitrogen and oxygen atoms in total. The van der Waals surface area contributed by atoms with E-state index in [9.17, 15) is 4.79 Å². The summed E-state index contributed by atoms with van der Waals surface area (Å²) in [7, 11) is 4.16. The average molecular weight is 220 g/mol. The predicted molar refractivity (Wildman–Crippen MR) is 64.7 cm³/mol. The molecular formula is C13H20N2O. The zero-order valence-electron chi connectivity index (χ0n) is 10.1. The molecule has 2 rings (SSSR count). The Labute approximate surface area is 97.1 Å². The number of aryl methyl sites for hydroxylation is 1. The van der Waals surface area contributed by atoms with E-state index >= 15 is 0 Å². The topological polar surface area (TPSA) is 25.2 Å². The predicted octanol–water partition coefficient (Wildman–Crippen LogP) is 2.03. The molecule has 0 N–H and O–H groups in total. The van der Waals surface area contributed by atoms with Gasteiger partial charge >= 0.3 is 0 Å². The fraction of sp³-hybridized carbons (Fsp3) is 0.615. The fourth-order valence-electron chi connectivity index (χ4n) is 1.88. The lowest BCUT2D eigenvalue weighted by Gasteiger charge is -2.09. The van der Waals surface area contributed by atoms with Crippen LogP contribution < -0.4 is 0 Å². The summed E-state index contributed by atoms with van der Waals surface area (Å²) < 4.78 is 2.12. The van der Waals surface area contributed by atoms with Crippen molar-refractivity contribution < 1.29 is 4.79 Å². The fourth-order valence-corrected chi connectivity index (χ4v) is 1.88. The normalized spacial score (nSPS) is 15.7. The lowest BCUT2D eigenvalue weighted by atomic mass is 10.1. The molecule has 0 saturated heterocycles. The van der Waals surface area contributed by atoms with Crippen LogP contribution in [0.2, 0.25) is 0 Å². The van der Waals surface area contributed by atoms with Gasteiger partial charge < -0.3 is 9.47 Å². The van der Waals surface area contributed by atoms with Crippen LogP contribution in [0.5, 0.6) is 0 Å². The van der Waals surface area contributed by atoms with E-state index in [0.29, 0.717) is 11.7 Å². The second-order valence-corrected chi connectivity index (χ2v) is 4.93. The summed E-state index contributed by atoms with van der Waals surface area (Å²) in [4.78, 5) is 14.0. The van der Waals surface area contributed by atoms with Gasteiger partial charge in [-0.3, -0.25) is 4.79 Å². The third kappa shape index (κ3) is 2.95. The van der Waals surface area contributed by atoms with Crippen LogP contribution >= 0.6 is 0 Å². The highest BCUT2D eigenvalue weighted by atomic mass is 16.1. The molecule has 0 radical (unpaired) electrons. The summed E-state index contributed by atoms with van der Waals surface area (Å²) in [6.45, 7) is 2.08. The Bertz CT molecular complexity index is 364. The van der Waals surface area contributed by atoms with Gasteiger partial charge in [-0.25, -0.2) is 0 Å². The van der Waals surface area contributed by atoms with E-state index in [2.05, 4.69) is 23.6 Å². The number of ketones is 1. The average Bonchev–Trinajstić information content (AvgIpc) is 2.97. The molecule has 1 aromatic heterocycles. The highest BCUT2D eigenvalue weighted by Gasteiger charge is 2.30. The van der Waals surface area contributed by atoms with E-state index in [1.807, 2.05) is 18.5 Å². The highest BCUT2D eigenvalue weighted by molar-refractivity contribution is 5.99. The molecule has 0 bridgehead atoms. The van der Waals surface area contributed by atoms with Gasteiger partial charge in [0.2, 0.25) is 0 Å². The standard InChI is InChI=1S/C13H20N2O/c1-14(2)7-3-8-15-9-6-12(10-15)13(16)11-4-5-11/h6,9-11H,3-5,7-8H2,1-2H3. The molecule has 88 valence electrons. The third-order valence-electron chi connectivity index (χ3n) is 3.00. The molecular weight excluding hydrogens is 200 g/mol. The SMILES string of the molecule is CN(C)CCCn1ccc(C(=O)C2CC2)c1. The summed E-state index contributed by atoms with van der Waals surface area (Å²) in [5, 5.41) is 0. The zero-order chi connectivity index (χ0) is 11.5. The van der Waals surface area contributed by atoms with Gasteiger partial charge in [0, 0.05) is 30.4 Å². The monoisotopic (exact) mass is 220 g/mol. The van der Waals surface area contributed by atoms with Crippen molar-refractivity contribution in [3.8, 4) is 0 Å². The van der Waals surface area contributed by atoms with Gasteiger partial charge in [-0.05, 0) is 46.0 Å². The second kappa shape index (κ2) is 4.83. The van der Waals surface area contributed by atoms with Crippen molar-refractivity contribution in [3.63, 3.8) is 0 Å². The van der Waals surface area contributed by atoms with Gasteiger partial charge in [-0.15, -0.1) is 0 Å². The Morgan fingerprint density at radius 2 is 2.25 bits per heavy atom. The van der Waals surface area contributed by atoms with Crippen LogP contribution in [0, 0.1) is 5.92 Å². The van der Waals surface area contributed by atoms with Gasteiger partial charge in [0.25, 0.3) is 0 Å². The van der Waals surface area contributed by atoms with Crippen LogP contribution in [0.1, 0.15) is 29.6 Å². The number of nitrogens with zero attached hydrogens (tertiary/aromatic N) is 2. The Morgan fingerprint density at radius 3 is 2.88 bits per heavy atom. The first-order valence-electron chi connectivity index (χ1n) is 6.01. The minimum absolute atomic E-state index is 0.331. The molecule has 0 unspecified atom stereocenters. The molecule has 0 aromatic carbocycles. The van der Waals surface area contributed by atoms with E-state index in [4.69, 9.17) is 0 Å². The molecule has 3 heteroatoms. The maximum Gasteiger partial charge on any atom is 0.167 e. The molecule has 0 spiro atoms. The molecule has 1 aromatic rings. The Kier molecular flexibility index (Phi) is 3.44. The van der Waals surface area contributed by atoms with E-state index in [-0.39, 0.29) is 0 Å². The Balaban J connectivity index is 1.84. The number of carbonyl (C=O) groups excluding carboxylic acids is 1. The van der Waals surface area contributed by atoms with Crippen LogP contribution in [0.15, 0.2) is 18.5 Å². The molecule has 1 aliphatic rings. The smallest absolute Gasteiger partial charge is 0.167 e. The number of hydrogen-bond donors (Lipinski definition) is 0. The molecule has 1 fully saturated rings. The summed E-state index contributed by atoms with van der Waals surface area (Å²) in [5.41, 5.74) is 0.896. The van der Waals surface area contributed by atoms with Crippen LogP contribution in [0.25, 0.3) is 0 Å². The number of carbonyl (C=O) groups is 1. The van der Waals surface area contributed by atoms with Crippen LogP contribution in [0.3, 0.4) is 0 Å². The number of hydrogen-bond acceptors (Lipinski definition) is 2. The first-order valence-corrected chi connectivity index (χ1v) is 6.01. The zero-order valence-corrected chi connectivity index (χ0v) is 10.1. The first-order chi connectivity index (χ1) is 7.66. The molecule has 0 aliphatic heterocycles. The van der Waals surface area contributed by atoms with Gasteiger partial charge in [-0.1, -0.05) is 0 Å². The number of Topliss-reactive ketones (excluding diaryl/α,β-unsaturated/α-hetero) is 1. The first kappa shape index (κ1) is 11.4. The number of aromatic nitrogens is 1. The Hall–Kier alpha value is -1.09. The van der Waals surface area contributed by atoms with Crippen molar-refractivity contribution in [1.29, 1.82) is 0 Å². The summed E-state index contributed by atoms with van der Waals surface area (Å²) >= 11 is 0. The third-order valence-corrected chi connectivity index (χ3v) is 3.00. The minimum atomic E-state index is 0.331. The van der Waals surface area contributed by atoms with Crippen molar-refractivity contribution in [2.45, 2.75) is 25.8 Å². The lowest BCUT2D eigenvalue weighted by molar-refractivity contribution is 0.0967. The molecule has 0 amide bonds. The lowest BCUT2D eigenvalue weighted by Crippen LogP contribution is -2.14. The van der Waals surface area contributed by atoms with E-state index in [1.54, 1.807) is 0 Å². The van der Waals surface area contributed by atoms with Crippen LogP contribution in [-0.4, -0.2) is 35.9 Å². The number of rotatable bonds is 6. The van der Waals surface area contributed by atoms with Crippen molar-refractivity contribution in [3.05, 3.63) is 24.0 Å². The molecule has 0 atom stereocenters. The van der Waals surface area contributed by atoms with E-state index < -0.39 is 0 Å². The minimum Gasteiger partial charge on any atom is -0.353 e. The second-order valence-electron chi connectivity index (χ2n) is 4.93. The molecule has 1 aliphatic carbocycles. The van der Waals surface area contributed by atoms with Gasteiger partial charge in [0.1, 0.15) is 0 Å². The van der Waals surface area contributed by atoms with Crippen molar-refractivity contribution in [1.82, 2.24) is 9.47 Å². The quantitative estimate of drug-likeness (QED) is 0.685.